The van der Waals surface area contributed by atoms with Crippen molar-refractivity contribution in [3.63, 3.8) is 0 Å². The van der Waals surface area contributed by atoms with Gasteiger partial charge in [-0.25, -0.2) is 9.18 Å². The molecular weight excluding hydrogens is 305 g/mol. The zero-order valence-corrected chi connectivity index (χ0v) is 12.8. The van der Waals surface area contributed by atoms with Crippen molar-refractivity contribution in [1.82, 2.24) is 5.32 Å². The van der Waals surface area contributed by atoms with Gasteiger partial charge in [-0.3, -0.25) is 4.79 Å². The Hall–Kier alpha value is -2.15. The maximum absolute atomic E-state index is 13.5. The van der Waals surface area contributed by atoms with Crippen LogP contribution in [0.25, 0.3) is 0 Å². The van der Waals surface area contributed by atoms with Crippen LogP contribution in [0.4, 0.5) is 4.39 Å². The molecule has 1 heterocycles. The summed E-state index contributed by atoms with van der Waals surface area (Å²) in [4.78, 5) is 23.6. The van der Waals surface area contributed by atoms with Gasteiger partial charge in [0.15, 0.2) is 17.7 Å². The first kappa shape index (κ1) is 17.2. The van der Waals surface area contributed by atoms with Gasteiger partial charge in [0, 0.05) is 12.5 Å². The van der Waals surface area contributed by atoms with E-state index in [0.717, 1.165) is 6.42 Å². The summed E-state index contributed by atoms with van der Waals surface area (Å²) in [5.41, 5.74) is 0. The summed E-state index contributed by atoms with van der Waals surface area (Å²) in [7, 11) is 0. The number of halogens is 1. The largest absolute Gasteiger partial charge is 0.480 e. The number of carboxylic acids is 1. The van der Waals surface area contributed by atoms with Gasteiger partial charge in [0.1, 0.15) is 6.04 Å². The van der Waals surface area contributed by atoms with Gasteiger partial charge in [-0.1, -0.05) is 12.1 Å². The molecule has 3 unspecified atom stereocenters. The Morgan fingerprint density at radius 1 is 1.43 bits per heavy atom. The van der Waals surface area contributed by atoms with Crippen molar-refractivity contribution in [2.75, 3.05) is 13.2 Å². The molecule has 1 aliphatic heterocycles. The number of nitrogens with one attached hydrogen (secondary N) is 1. The summed E-state index contributed by atoms with van der Waals surface area (Å²) in [6, 6.07) is 4.68. The lowest BCUT2D eigenvalue weighted by molar-refractivity contribution is -0.146. The predicted octanol–water partition coefficient (Wildman–Crippen LogP) is 1.59. The highest BCUT2D eigenvalue weighted by Crippen LogP contribution is 2.19. The van der Waals surface area contributed by atoms with E-state index in [1.807, 2.05) is 0 Å². The van der Waals surface area contributed by atoms with E-state index in [1.165, 1.54) is 25.1 Å². The summed E-state index contributed by atoms with van der Waals surface area (Å²) in [6.45, 7) is 2.33. The molecule has 0 aliphatic carbocycles. The zero-order chi connectivity index (χ0) is 16.8. The zero-order valence-electron chi connectivity index (χ0n) is 12.8. The highest BCUT2D eigenvalue weighted by atomic mass is 19.1. The van der Waals surface area contributed by atoms with Crippen LogP contribution in [0, 0.1) is 11.7 Å². The van der Waals surface area contributed by atoms with Gasteiger partial charge < -0.3 is 19.9 Å². The number of amides is 1. The van der Waals surface area contributed by atoms with Gasteiger partial charge in [-0.15, -0.1) is 0 Å². The lowest BCUT2D eigenvalue weighted by Crippen LogP contribution is -2.51. The lowest BCUT2D eigenvalue weighted by atomic mass is 9.93. The maximum Gasteiger partial charge on any atom is 0.326 e. The lowest BCUT2D eigenvalue weighted by Gasteiger charge is -2.28. The van der Waals surface area contributed by atoms with E-state index in [2.05, 4.69) is 5.32 Å². The number of benzene rings is 1. The van der Waals surface area contributed by atoms with Crippen molar-refractivity contribution in [2.45, 2.75) is 31.9 Å². The molecule has 0 saturated carbocycles. The van der Waals surface area contributed by atoms with Crippen molar-refractivity contribution in [3.8, 4) is 5.75 Å². The third-order valence-electron chi connectivity index (χ3n) is 3.74. The van der Waals surface area contributed by atoms with Crippen molar-refractivity contribution < 1.29 is 28.6 Å². The molecule has 2 N–H and O–H groups in total. The molecule has 1 aromatic rings. The summed E-state index contributed by atoms with van der Waals surface area (Å²) < 4.78 is 24.1. The van der Waals surface area contributed by atoms with Crippen LogP contribution in [0.3, 0.4) is 0 Å². The first-order valence-electron chi connectivity index (χ1n) is 7.51. The molecule has 1 fully saturated rings. The summed E-state index contributed by atoms with van der Waals surface area (Å²) in [5, 5.41) is 11.8. The van der Waals surface area contributed by atoms with Crippen molar-refractivity contribution in [1.29, 1.82) is 0 Å². The van der Waals surface area contributed by atoms with Crippen molar-refractivity contribution in [3.05, 3.63) is 30.1 Å². The number of carbonyl (C=O) groups is 2. The second-order valence-electron chi connectivity index (χ2n) is 5.49. The van der Waals surface area contributed by atoms with Gasteiger partial charge in [0.05, 0.1) is 6.61 Å². The standard InChI is InChI=1S/C16H20FNO5/c1-10(23-13-7-3-2-6-12(13)17)15(19)18-14(16(20)21)11-5-4-8-22-9-11/h2-3,6-7,10-11,14H,4-5,8-9H2,1H3,(H,18,19)(H,20,21). The van der Waals surface area contributed by atoms with E-state index in [-0.39, 0.29) is 11.7 Å². The number of aliphatic carboxylic acids is 1. The molecule has 7 heteroatoms. The molecule has 126 valence electrons. The Morgan fingerprint density at radius 2 is 2.17 bits per heavy atom. The normalized spacial score (nSPS) is 20.3. The van der Waals surface area contributed by atoms with Crippen LogP contribution in [-0.2, 0) is 14.3 Å². The Kier molecular flexibility index (Phi) is 5.92. The Morgan fingerprint density at radius 3 is 2.78 bits per heavy atom. The summed E-state index contributed by atoms with van der Waals surface area (Å²) >= 11 is 0. The number of hydrogen-bond donors (Lipinski definition) is 2. The van der Waals surface area contributed by atoms with Crippen molar-refractivity contribution >= 4 is 11.9 Å². The van der Waals surface area contributed by atoms with Crippen LogP contribution in [-0.4, -0.2) is 42.3 Å². The highest BCUT2D eigenvalue weighted by molar-refractivity contribution is 5.86. The quantitative estimate of drug-likeness (QED) is 0.830. The van der Waals surface area contributed by atoms with Crippen LogP contribution in [0.5, 0.6) is 5.75 Å². The molecule has 0 radical (unpaired) electrons. The molecular formula is C16H20FNO5. The number of ether oxygens (including phenoxy) is 2. The van der Waals surface area contributed by atoms with Gasteiger partial charge in [-0.05, 0) is 31.9 Å². The number of rotatable bonds is 6. The fourth-order valence-electron chi connectivity index (χ4n) is 2.46. The number of carboxylic acid groups (broad SMARTS) is 1. The van der Waals surface area contributed by atoms with E-state index in [4.69, 9.17) is 9.47 Å². The summed E-state index contributed by atoms with van der Waals surface area (Å²) in [5.74, 6) is -2.64. The molecule has 1 aromatic carbocycles. The van der Waals surface area contributed by atoms with Gasteiger partial charge >= 0.3 is 5.97 Å². The monoisotopic (exact) mass is 325 g/mol. The van der Waals surface area contributed by atoms with Gasteiger partial charge in [0.2, 0.25) is 0 Å². The van der Waals surface area contributed by atoms with E-state index in [1.54, 1.807) is 6.07 Å². The molecule has 0 bridgehead atoms. The first-order chi connectivity index (χ1) is 11.0. The molecule has 1 aliphatic rings. The van der Waals surface area contributed by atoms with Crippen LogP contribution in [0.15, 0.2) is 24.3 Å². The molecule has 2 rings (SSSR count). The number of carbonyl (C=O) groups excluding carboxylic acids is 1. The second kappa shape index (κ2) is 7.92. The van der Waals surface area contributed by atoms with Crippen LogP contribution in [0.2, 0.25) is 0 Å². The molecule has 1 saturated heterocycles. The third-order valence-corrected chi connectivity index (χ3v) is 3.74. The minimum Gasteiger partial charge on any atom is -0.480 e. The molecule has 23 heavy (non-hydrogen) atoms. The molecule has 6 nitrogen and oxygen atoms in total. The molecule has 3 atom stereocenters. The van der Waals surface area contributed by atoms with E-state index in [9.17, 15) is 19.1 Å². The topological polar surface area (TPSA) is 84.9 Å². The van der Waals surface area contributed by atoms with Gasteiger partial charge in [-0.2, -0.15) is 0 Å². The fourth-order valence-corrected chi connectivity index (χ4v) is 2.46. The van der Waals surface area contributed by atoms with E-state index in [0.29, 0.717) is 19.6 Å². The predicted molar refractivity (Wildman–Crippen MR) is 79.6 cm³/mol. The summed E-state index contributed by atoms with van der Waals surface area (Å²) in [6.07, 6.45) is 0.407. The van der Waals surface area contributed by atoms with Crippen LogP contribution < -0.4 is 10.1 Å². The second-order valence-corrected chi connectivity index (χ2v) is 5.49. The maximum atomic E-state index is 13.5. The van der Waals surface area contributed by atoms with Crippen LogP contribution in [0.1, 0.15) is 19.8 Å². The number of hydrogen-bond acceptors (Lipinski definition) is 4. The van der Waals surface area contributed by atoms with Crippen molar-refractivity contribution in [2.24, 2.45) is 5.92 Å². The fraction of sp³-hybridized carbons (Fsp3) is 0.500. The average molecular weight is 325 g/mol. The minimum atomic E-state index is -1.12. The van der Waals surface area contributed by atoms with Crippen LogP contribution >= 0.6 is 0 Å². The Balaban J connectivity index is 1.97. The third kappa shape index (κ3) is 4.66. The number of para-hydroxylation sites is 1. The minimum absolute atomic E-state index is 0.0528. The Bertz CT molecular complexity index is 559. The highest BCUT2D eigenvalue weighted by Gasteiger charge is 2.32. The smallest absolute Gasteiger partial charge is 0.326 e. The van der Waals surface area contributed by atoms with E-state index >= 15 is 0 Å². The first-order valence-corrected chi connectivity index (χ1v) is 7.51. The molecule has 0 spiro atoms. The molecule has 0 aromatic heterocycles. The average Bonchev–Trinajstić information content (AvgIpc) is 2.55. The molecule has 1 amide bonds. The SMILES string of the molecule is CC(Oc1ccccc1F)C(=O)NC(C(=O)O)C1CCCOC1. The van der Waals surface area contributed by atoms with E-state index < -0.39 is 29.8 Å². The van der Waals surface area contributed by atoms with Gasteiger partial charge in [0.25, 0.3) is 5.91 Å². The Labute approximate surface area is 133 Å².